The van der Waals surface area contributed by atoms with Gasteiger partial charge >= 0.3 is 0 Å². The van der Waals surface area contributed by atoms with Crippen molar-refractivity contribution in [3.05, 3.63) is 23.8 Å². The van der Waals surface area contributed by atoms with Crippen molar-refractivity contribution < 1.29 is 4.79 Å². The lowest BCUT2D eigenvalue weighted by Gasteiger charge is -2.10. The van der Waals surface area contributed by atoms with Gasteiger partial charge in [0.25, 0.3) is 0 Å². The van der Waals surface area contributed by atoms with Gasteiger partial charge in [-0.25, -0.2) is 4.79 Å². The molecule has 0 aromatic carbocycles. The lowest BCUT2D eigenvalue weighted by Crippen LogP contribution is -2.16. The molecular weight excluding hydrogens is 178 g/mol. The Kier molecular flexibility index (Phi) is 3.51. The van der Waals surface area contributed by atoms with Crippen LogP contribution in [-0.2, 0) is 4.79 Å². The quantitative estimate of drug-likeness (QED) is 0.655. The highest BCUT2D eigenvalue weighted by atomic mass is 16.1. The van der Waals surface area contributed by atoms with E-state index in [0.717, 1.165) is 5.69 Å². The number of nitrogens with zero attached hydrogens (tertiary/aromatic N) is 3. The Bertz CT molecular complexity index is 367. The van der Waals surface area contributed by atoms with Crippen molar-refractivity contribution in [2.45, 2.75) is 6.92 Å². The van der Waals surface area contributed by atoms with Gasteiger partial charge in [0, 0.05) is 18.9 Å². The molecule has 0 amide bonds. The van der Waals surface area contributed by atoms with Crippen LogP contribution in [0.25, 0.3) is 5.57 Å². The lowest BCUT2D eigenvalue weighted by molar-refractivity contribution is 0.462. The third kappa shape index (κ3) is 2.49. The van der Waals surface area contributed by atoms with Gasteiger partial charge in [0.2, 0.25) is 0 Å². The SMILES string of the molecule is Cc1nccnc1C(=C=O)CN(C)C. The summed E-state index contributed by atoms with van der Waals surface area (Å²) in [6.45, 7) is 2.36. The number of aryl methyl sites for hydroxylation is 1. The number of carbonyl (C=O) groups excluding carboxylic acids is 1. The summed E-state index contributed by atoms with van der Waals surface area (Å²) in [5.41, 5.74) is 1.93. The largest absolute Gasteiger partial charge is 0.304 e. The Balaban J connectivity index is 3.03. The lowest BCUT2D eigenvalue weighted by atomic mass is 10.1. The number of rotatable bonds is 3. The first-order valence-electron chi connectivity index (χ1n) is 4.32. The molecule has 0 spiro atoms. The second-order valence-corrected chi connectivity index (χ2v) is 3.31. The monoisotopic (exact) mass is 191 g/mol. The maximum absolute atomic E-state index is 10.7. The summed E-state index contributed by atoms with van der Waals surface area (Å²) in [6, 6.07) is 0. The summed E-state index contributed by atoms with van der Waals surface area (Å²) in [6.07, 6.45) is 3.19. The molecule has 1 heterocycles. The highest BCUT2D eigenvalue weighted by Gasteiger charge is 2.09. The Morgan fingerprint density at radius 1 is 1.43 bits per heavy atom. The molecule has 0 fully saturated rings. The van der Waals surface area contributed by atoms with E-state index in [9.17, 15) is 4.79 Å². The summed E-state index contributed by atoms with van der Waals surface area (Å²) in [5.74, 6) is 1.91. The summed E-state index contributed by atoms with van der Waals surface area (Å²) >= 11 is 0. The molecule has 0 unspecified atom stereocenters. The van der Waals surface area contributed by atoms with E-state index in [1.165, 1.54) is 0 Å². The van der Waals surface area contributed by atoms with Crippen LogP contribution in [0.15, 0.2) is 12.4 Å². The van der Waals surface area contributed by atoms with Crippen molar-refractivity contribution in [1.29, 1.82) is 0 Å². The summed E-state index contributed by atoms with van der Waals surface area (Å²) in [7, 11) is 3.78. The number of hydrogen-bond donors (Lipinski definition) is 0. The molecule has 4 nitrogen and oxygen atoms in total. The molecule has 1 aromatic rings. The average Bonchev–Trinajstić information content (AvgIpc) is 2.15. The minimum Gasteiger partial charge on any atom is -0.304 e. The Hall–Kier alpha value is -1.51. The Morgan fingerprint density at radius 2 is 2.07 bits per heavy atom. The highest BCUT2D eigenvalue weighted by molar-refractivity contribution is 5.87. The van der Waals surface area contributed by atoms with Gasteiger partial charge in [-0.2, -0.15) is 0 Å². The van der Waals surface area contributed by atoms with E-state index in [2.05, 4.69) is 9.97 Å². The maximum atomic E-state index is 10.7. The van der Waals surface area contributed by atoms with Crippen LogP contribution >= 0.6 is 0 Å². The molecule has 0 bridgehead atoms. The molecule has 0 aliphatic heterocycles. The van der Waals surface area contributed by atoms with Crippen LogP contribution < -0.4 is 0 Å². The molecule has 0 aliphatic carbocycles. The second kappa shape index (κ2) is 4.65. The van der Waals surface area contributed by atoms with Crippen LogP contribution in [0.2, 0.25) is 0 Å². The normalized spacial score (nSPS) is 10.0. The first-order valence-corrected chi connectivity index (χ1v) is 4.32. The standard InChI is InChI=1S/C10H13N3O/c1-8-10(12-5-4-11-8)9(7-14)6-13(2)3/h4-5H,6H2,1-3H3. The van der Waals surface area contributed by atoms with Gasteiger partial charge in [0.1, 0.15) is 5.94 Å². The number of hydrogen-bond acceptors (Lipinski definition) is 4. The third-order valence-corrected chi connectivity index (χ3v) is 1.76. The third-order valence-electron chi connectivity index (χ3n) is 1.76. The first kappa shape index (κ1) is 10.6. The van der Waals surface area contributed by atoms with Crippen molar-refractivity contribution in [3.63, 3.8) is 0 Å². The van der Waals surface area contributed by atoms with E-state index >= 15 is 0 Å². The summed E-state index contributed by atoms with van der Waals surface area (Å²) in [5, 5.41) is 0. The molecule has 0 radical (unpaired) electrons. The van der Waals surface area contributed by atoms with Gasteiger partial charge in [-0.15, -0.1) is 0 Å². The number of aromatic nitrogens is 2. The van der Waals surface area contributed by atoms with E-state index in [0.29, 0.717) is 17.8 Å². The van der Waals surface area contributed by atoms with Crippen LogP contribution in [0.3, 0.4) is 0 Å². The molecule has 14 heavy (non-hydrogen) atoms. The van der Waals surface area contributed by atoms with E-state index in [-0.39, 0.29) is 0 Å². The van der Waals surface area contributed by atoms with E-state index in [1.807, 2.05) is 31.9 Å². The minimum absolute atomic E-state index is 0.531. The fourth-order valence-electron chi connectivity index (χ4n) is 1.18. The molecule has 1 aromatic heterocycles. The Labute approximate surface area is 83.3 Å². The molecule has 74 valence electrons. The van der Waals surface area contributed by atoms with Crippen LogP contribution in [0.4, 0.5) is 0 Å². The average molecular weight is 191 g/mol. The van der Waals surface area contributed by atoms with Crippen LogP contribution in [0.5, 0.6) is 0 Å². The van der Waals surface area contributed by atoms with E-state index in [1.54, 1.807) is 12.4 Å². The zero-order valence-electron chi connectivity index (χ0n) is 8.61. The van der Waals surface area contributed by atoms with Gasteiger partial charge in [0.05, 0.1) is 17.0 Å². The van der Waals surface area contributed by atoms with Crippen molar-refractivity contribution in [1.82, 2.24) is 14.9 Å². The van der Waals surface area contributed by atoms with Gasteiger partial charge < -0.3 is 4.90 Å². The summed E-state index contributed by atoms with van der Waals surface area (Å²) < 4.78 is 0. The van der Waals surface area contributed by atoms with Crippen molar-refractivity contribution in [2.24, 2.45) is 0 Å². The van der Waals surface area contributed by atoms with Crippen molar-refractivity contribution in [3.8, 4) is 0 Å². The predicted octanol–water partition coefficient (Wildman–Crippen LogP) is 0.562. The molecule has 0 saturated carbocycles. The highest BCUT2D eigenvalue weighted by Crippen LogP contribution is 2.11. The van der Waals surface area contributed by atoms with Gasteiger partial charge in [-0.3, -0.25) is 9.97 Å². The molecular formula is C10H13N3O. The zero-order chi connectivity index (χ0) is 10.6. The second-order valence-electron chi connectivity index (χ2n) is 3.31. The van der Waals surface area contributed by atoms with Crippen molar-refractivity contribution >= 4 is 11.5 Å². The molecule has 0 aliphatic rings. The molecule has 4 heteroatoms. The molecule has 0 atom stereocenters. The van der Waals surface area contributed by atoms with Gasteiger partial charge in [-0.05, 0) is 21.0 Å². The molecule has 0 N–H and O–H groups in total. The van der Waals surface area contributed by atoms with Crippen LogP contribution in [-0.4, -0.2) is 41.4 Å². The predicted molar refractivity (Wildman–Crippen MR) is 54.4 cm³/mol. The number of likely N-dealkylation sites (N-methyl/N-ethyl adjacent to an activating group) is 1. The van der Waals surface area contributed by atoms with Gasteiger partial charge in [-0.1, -0.05) is 0 Å². The molecule has 1 rings (SSSR count). The Morgan fingerprint density at radius 3 is 2.57 bits per heavy atom. The van der Waals surface area contributed by atoms with Crippen LogP contribution in [0, 0.1) is 6.92 Å². The fourth-order valence-corrected chi connectivity index (χ4v) is 1.18. The maximum Gasteiger partial charge on any atom is 0.131 e. The van der Waals surface area contributed by atoms with E-state index < -0.39 is 0 Å². The smallest absolute Gasteiger partial charge is 0.131 e. The first-order chi connectivity index (χ1) is 6.65. The zero-order valence-corrected chi connectivity index (χ0v) is 8.61. The van der Waals surface area contributed by atoms with Crippen molar-refractivity contribution in [2.75, 3.05) is 20.6 Å². The van der Waals surface area contributed by atoms with Gasteiger partial charge in [0.15, 0.2) is 0 Å². The molecule has 0 saturated heterocycles. The minimum atomic E-state index is 0.531. The fraction of sp³-hybridized carbons (Fsp3) is 0.400. The van der Waals surface area contributed by atoms with Crippen LogP contribution in [0.1, 0.15) is 11.4 Å². The summed E-state index contributed by atoms with van der Waals surface area (Å²) in [4.78, 5) is 20.8. The van der Waals surface area contributed by atoms with E-state index in [4.69, 9.17) is 0 Å². The topological polar surface area (TPSA) is 46.1 Å².